The van der Waals surface area contributed by atoms with Crippen molar-refractivity contribution in [3.63, 3.8) is 0 Å². The highest BCUT2D eigenvalue weighted by molar-refractivity contribution is 14.1. The Morgan fingerprint density at radius 1 is 1.19 bits per heavy atom. The Morgan fingerprint density at radius 3 is 2.53 bits per heavy atom. The molecule has 1 fully saturated rings. The van der Waals surface area contributed by atoms with Crippen LogP contribution in [0.3, 0.4) is 0 Å². The van der Waals surface area contributed by atoms with E-state index in [-0.39, 0.29) is 32.8 Å². The molecule has 2 aromatic carbocycles. The molecule has 0 radical (unpaired) electrons. The van der Waals surface area contributed by atoms with Crippen LogP contribution in [0, 0.1) is 3.57 Å². The fraction of sp³-hybridized carbons (Fsp3) is 0.100. The number of barbiturate groups is 1. The molecular formula is C20H13Cl2IN2O7. The smallest absolute Gasteiger partial charge is 0.341 e. The molecule has 0 saturated carbocycles. The molecule has 0 bridgehead atoms. The number of carbonyl (C=O) groups excluding carboxylic acids is 3. The maximum atomic E-state index is 13.0. The fourth-order valence-electron chi connectivity index (χ4n) is 2.78. The van der Waals surface area contributed by atoms with Crippen molar-refractivity contribution in [3.8, 4) is 11.5 Å². The number of nitrogens with zero attached hydrogens (tertiary/aromatic N) is 1. The first-order chi connectivity index (χ1) is 15.1. The number of nitrogens with one attached hydrogen (secondary N) is 1. The van der Waals surface area contributed by atoms with E-state index < -0.39 is 30.4 Å². The lowest BCUT2D eigenvalue weighted by Crippen LogP contribution is -2.54. The number of halogens is 3. The van der Waals surface area contributed by atoms with E-state index in [4.69, 9.17) is 37.8 Å². The number of imide groups is 2. The van der Waals surface area contributed by atoms with Gasteiger partial charge in [-0.15, -0.1) is 0 Å². The van der Waals surface area contributed by atoms with Crippen molar-refractivity contribution >= 4 is 81.4 Å². The number of ether oxygens (including phenoxy) is 2. The first-order valence-electron chi connectivity index (χ1n) is 8.71. The number of carboxylic acid groups (broad SMARTS) is 1. The minimum absolute atomic E-state index is 0.128. The Balaban J connectivity index is 2.01. The van der Waals surface area contributed by atoms with Gasteiger partial charge in [0.15, 0.2) is 18.1 Å². The van der Waals surface area contributed by atoms with Crippen LogP contribution in [0.2, 0.25) is 10.0 Å². The van der Waals surface area contributed by atoms with E-state index in [0.717, 1.165) is 4.90 Å². The van der Waals surface area contributed by atoms with E-state index in [1.807, 2.05) is 22.6 Å². The van der Waals surface area contributed by atoms with Gasteiger partial charge in [-0.25, -0.2) is 14.5 Å². The van der Waals surface area contributed by atoms with Gasteiger partial charge >= 0.3 is 12.0 Å². The monoisotopic (exact) mass is 590 g/mol. The summed E-state index contributed by atoms with van der Waals surface area (Å²) in [4.78, 5) is 49.3. The largest absolute Gasteiger partial charge is 0.493 e. The molecule has 1 aliphatic heterocycles. The second-order valence-electron chi connectivity index (χ2n) is 6.27. The predicted molar refractivity (Wildman–Crippen MR) is 124 cm³/mol. The second-order valence-corrected chi connectivity index (χ2v) is 8.25. The van der Waals surface area contributed by atoms with Crippen molar-refractivity contribution in [3.05, 3.63) is 55.1 Å². The first kappa shape index (κ1) is 23.8. The number of methoxy groups -OCH3 is 1. The average molecular weight is 591 g/mol. The molecule has 2 N–H and O–H groups in total. The molecular weight excluding hydrogens is 578 g/mol. The molecule has 1 aliphatic rings. The highest BCUT2D eigenvalue weighted by atomic mass is 127. The summed E-state index contributed by atoms with van der Waals surface area (Å²) in [6.45, 7) is -0.575. The van der Waals surface area contributed by atoms with Crippen molar-refractivity contribution < 1.29 is 33.8 Å². The number of hydrogen-bond donors (Lipinski definition) is 2. The lowest BCUT2D eigenvalue weighted by atomic mass is 10.1. The topological polar surface area (TPSA) is 122 Å². The Bertz CT molecular complexity index is 1180. The molecule has 0 aromatic heterocycles. The number of rotatable bonds is 6. The van der Waals surface area contributed by atoms with Gasteiger partial charge in [0.1, 0.15) is 5.57 Å². The summed E-state index contributed by atoms with van der Waals surface area (Å²) in [5.41, 5.74) is 0.202. The molecule has 1 saturated heterocycles. The number of carboxylic acids is 1. The van der Waals surface area contributed by atoms with Crippen molar-refractivity contribution in [1.82, 2.24) is 5.32 Å². The fourth-order valence-corrected chi connectivity index (χ4v) is 3.85. The van der Waals surface area contributed by atoms with Crippen LogP contribution in [0.1, 0.15) is 5.56 Å². The van der Waals surface area contributed by atoms with E-state index in [0.29, 0.717) is 9.13 Å². The maximum absolute atomic E-state index is 13.0. The summed E-state index contributed by atoms with van der Waals surface area (Å²) >= 11 is 13.8. The minimum Gasteiger partial charge on any atom is -0.493 e. The molecule has 9 nitrogen and oxygen atoms in total. The Morgan fingerprint density at radius 2 is 1.91 bits per heavy atom. The van der Waals surface area contributed by atoms with Crippen LogP contribution in [-0.2, 0) is 14.4 Å². The number of benzene rings is 2. The van der Waals surface area contributed by atoms with Crippen LogP contribution in [0.4, 0.5) is 10.5 Å². The predicted octanol–water partition coefficient (Wildman–Crippen LogP) is 3.74. The van der Waals surface area contributed by atoms with Crippen molar-refractivity contribution in [1.29, 1.82) is 0 Å². The number of hydrogen-bond acceptors (Lipinski definition) is 6. The van der Waals surface area contributed by atoms with E-state index in [9.17, 15) is 19.2 Å². The Hall–Kier alpha value is -2.83. The SMILES string of the molecule is COc1cc(/C=C2\C(=O)NC(=O)N(c3ccc(Cl)c(Cl)c3)C2=O)cc(I)c1OCC(=O)O. The zero-order valence-electron chi connectivity index (χ0n) is 16.1. The number of aliphatic carboxylic acids is 1. The standard InChI is InChI=1S/C20H13Cl2IN2O7/c1-31-15-6-9(5-14(23)17(15)32-8-16(26)27)4-11-18(28)24-20(30)25(19(11)29)10-2-3-12(21)13(22)7-10/h2-7H,8H2,1H3,(H,26,27)(H,24,28,30)/b11-4+. The summed E-state index contributed by atoms with van der Waals surface area (Å²) in [5.74, 6) is -2.50. The van der Waals surface area contributed by atoms with Crippen LogP contribution in [0.15, 0.2) is 35.9 Å². The van der Waals surface area contributed by atoms with Crippen LogP contribution < -0.4 is 19.7 Å². The molecule has 4 amide bonds. The van der Waals surface area contributed by atoms with Gasteiger partial charge in [-0.2, -0.15) is 0 Å². The van der Waals surface area contributed by atoms with Crippen LogP contribution >= 0.6 is 45.8 Å². The Labute approximate surface area is 205 Å². The molecule has 12 heteroatoms. The number of amides is 4. The van der Waals surface area contributed by atoms with Crippen molar-refractivity contribution in [2.75, 3.05) is 18.6 Å². The molecule has 166 valence electrons. The highest BCUT2D eigenvalue weighted by Crippen LogP contribution is 2.35. The molecule has 1 heterocycles. The summed E-state index contributed by atoms with van der Waals surface area (Å²) in [7, 11) is 1.36. The molecule has 0 aliphatic carbocycles. The van der Waals surface area contributed by atoms with Gasteiger partial charge in [0, 0.05) is 0 Å². The second kappa shape index (κ2) is 9.76. The van der Waals surface area contributed by atoms with Gasteiger partial charge < -0.3 is 14.6 Å². The van der Waals surface area contributed by atoms with Gasteiger partial charge in [0.25, 0.3) is 11.8 Å². The lowest BCUT2D eigenvalue weighted by molar-refractivity contribution is -0.139. The van der Waals surface area contributed by atoms with Crippen LogP contribution in [-0.4, -0.2) is 42.6 Å². The highest BCUT2D eigenvalue weighted by Gasteiger charge is 2.37. The zero-order valence-corrected chi connectivity index (χ0v) is 19.8. The summed E-state index contributed by atoms with van der Waals surface area (Å²) in [6, 6.07) is 6.26. The van der Waals surface area contributed by atoms with Gasteiger partial charge in [0.2, 0.25) is 0 Å². The van der Waals surface area contributed by atoms with Gasteiger partial charge in [-0.1, -0.05) is 23.2 Å². The Kier molecular flexibility index (Phi) is 7.26. The molecule has 32 heavy (non-hydrogen) atoms. The third-order valence-corrected chi connectivity index (χ3v) is 5.71. The molecule has 2 aromatic rings. The third-order valence-electron chi connectivity index (χ3n) is 4.17. The zero-order chi connectivity index (χ0) is 23.6. The molecule has 0 unspecified atom stereocenters. The molecule has 0 spiro atoms. The first-order valence-corrected chi connectivity index (χ1v) is 10.5. The van der Waals surface area contributed by atoms with E-state index in [1.54, 1.807) is 6.07 Å². The molecule has 0 atom stereocenters. The van der Waals surface area contributed by atoms with Gasteiger partial charge in [-0.3, -0.25) is 14.9 Å². The summed E-state index contributed by atoms with van der Waals surface area (Å²) in [5, 5.41) is 11.3. The van der Waals surface area contributed by atoms with E-state index >= 15 is 0 Å². The minimum atomic E-state index is -1.16. The van der Waals surface area contributed by atoms with E-state index in [2.05, 4.69) is 5.32 Å². The van der Waals surface area contributed by atoms with E-state index in [1.165, 1.54) is 37.5 Å². The van der Waals surface area contributed by atoms with Crippen LogP contribution in [0.25, 0.3) is 6.08 Å². The third kappa shape index (κ3) is 4.97. The molecule has 3 rings (SSSR count). The number of urea groups is 1. The van der Waals surface area contributed by atoms with Crippen molar-refractivity contribution in [2.24, 2.45) is 0 Å². The normalized spacial score (nSPS) is 15.1. The van der Waals surface area contributed by atoms with Crippen LogP contribution in [0.5, 0.6) is 11.5 Å². The number of carbonyl (C=O) groups is 4. The van der Waals surface area contributed by atoms with Gasteiger partial charge in [0.05, 0.1) is 26.4 Å². The van der Waals surface area contributed by atoms with Crippen molar-refractivity contribution in [2.45, 2.75) is 0 Å². The summed E-state index contributed by atoms with van der Waals surface area (Å²) < 4.78 is 11.0. The lowest BCUT2D eigenvalue weighted by Gasteiger charge is -2.26. The maximum Gasteiger partial charge on any atom is 0.341 e. The van der Waals surface area contributed by atoms with Gasteiger partial charge in [-0.05, 0) is 64.6 Å². The summed E-state index contributed by atoms with van der Waals surface area (Å²) in [6.07, 6.45) is 1.28. The average Bonchev–Trinajstić information content (AvgIpc) is 2.72. The quantitative estimate of drug-likeness (QED) is 0.298. The number of anilines is 1.